The highest BCUT2D eigenvalue weighted by Crippen LogP contribution is 2.24. The molecule has 0 rings (SSSR count). The van der Waals surface area contributed by atoms with E-state index in [2.05, 4.69) is 32.1 Å². The Morgan fingerprint density at radius 2 is 0.631 bits per heavy atom. The highest BCUT2D eigenvalue weighted by Gasteiger charge is 2.36. The molecule has 0 aromatic rings. The van der Waals surface area contributed by atoms with Crippen molar-refractivity contribution in [1.29, 1.82) is 0 Å². The van der Waals surface area contributed by atoms with Crippen LogP contribution in [-0.4, -0.2) is 245 Å². The molecule has 608 valence electrons. The van der Waals surface area contributed by atoms with Crippen molar-refractivity contribution in [3.8, 4) is 0 Å². The molecule has 28 nitrogen and oxygen atoms in total. The van der Waals surface area contributed by atoms with Crippen LogP contribution in [0, 0.1) is 11.8 Å². The van der Waals surface area contributed by atoms with E-state index in [1.807, 2.05) is 159 Å². The number of nitrogens with zero attached hydrogens (tertiary/aromatic N) is 1. The van der Waals surface area contributed by atoms with E-state index in [-0.39, 0.29) is 208 Å². The third-order valence-corrected chi connectivity index (χ3v) is 15.8. The van der Waals surface area contributed by atoms with E-state index >= 15 is 0 Å². The maximum absolute atomic E-state index is 14.3. The Hall–Kier alpha value is -3.82. The summed E-state index contributed by atoms with van der Waals surface area (Å²) in [7, 11) is 0. The molecule has 0 aromatic carbocycles. The standard InChI is InChI=1S/C75H147N7O21/c1-57(2)65(89)82(66(90)58(3)4)103-42-25-41-102-81-64(88)27-24-26-59(83)76-37-50-101-74(22,23)36-49-97-70(14,15)32-28-63(87)80-75(54-91-43-29-60(84)77-38-51-98-71(16,17)33-46-94-67(5,6)7,55-92-44-30-61(85)78-39-52-99-72(18,19)34-47-95-68(8,9)10)56-93-45-31-62(86)79-40-53-100-73(20,21)35-48-96-69(11,12)13/h57-58,65-66,89-90H,24-56H2,1-23H3,(H,76,83)(H,77,84)(H,78,85)(H,79,86)(H,80,87)(H,81,88). The van der Waals surface area contributed by atoms with Gasteiger partial charge < -0.3 is 88.9 Å². The first-order valence-corrected chi connectivity index (χ1v) is 37.5. The molecule has 0 saturated heterocycles. The van der Waals surface area contributed by atoms with E-state index in [1.54, 1.807) is 0 Å². The lowest BCUT2D eigenvalue weighted by atomic mass is 9.99. The number of aliphatic hydroxyl groups is 2. The van der Waals surface area contributed by atoms with Crippen LogP contribution < -0.4 is 32.1 Å². The van der Waals surface area contributed by atoms with Gasteiger partial charge in [0.25, 0.3) is 0 Å². The first-order chi connectivity index (χ1) is 47.6. The topological polar surface area (TPSA) is 338 Å². The molecule has 103 heavy (non-hydrogen) atoms. The van der Waals surface area contributed by atoms with E-state index < -0.39 is 46.0 Å². The summed E-state index contributed by atoms with van der Waals surface area (Å²) in [6.07, 6.45) is 1.69. The zero-order valence-electron chi connectivity index (χ0n) is 68.2. The van der Waals surface area contributed by atoms with Gasteiger partial charge in [0.2, 0.25) is 35.4 Å². The minimum Gasteiger partial charge on any atom is -0.378 e. The quantitative estimate of drug-likeness (QED) is 0.0162. The van der Waals surface area contributed by atoms with Gasteiger partial charge in [0.15, 0.2) is 0 Å². The molecular weight excluding hydrogens is 1330 g/mol. The van der Waals surface area contributed by atoms with E-state index in [9.17, 15) is 39.0 Å². The predicted molar refractivity (Wildman–Crippen MR) is 396 cm³/mol. The second-order valence-corrected chi connectivity index (χ2v) is 33.1. The van der Waals surface area contributed by atoms with Crippen LogP contribution in [0.5, 0.6) is 0 Å². The van der Waals surface area contributed by atoms with Gasteiger partial charge in [-0.1, -0.05) is 27.7 Å². The molecule has 6 amide bonds. The fraction of sp³-hybridized carbons (Fsp3) is 0.920. The van der Waals surface area contributed by atoms with Crippen molar-refractivity contribution in [3.63, 3.8) is 0 Å². The Labute approximate surface area is 620 Å². The third kappa shape index (κ3) is 57.0. The number of carbonyl (C=O) groups is 6. The molecule has 2 atom stereocenters. The summed E-state index contributed by atoms with van der Waals surface area (Å²) < 4.78 is 66.9. The monoisotopic (exact) mass is 1480 g/mol. The van der Waals surface area contributed by atoms with Crippen LogP contribution in [0.2, 0.25) is 0 Å². The number of hydrogen-bond acceptors (Lipinski definition) is 22. The van der Waals surface area contributed by atoms with E-state index in [0.29, 0.717) is 71.4 Å². The van der Waals surface area contributed by atoms with Crippen LogP contribution in [0.3, 0.4) is 0 Å². The molecule has 8 N–H and O–H groups in total. The van der Waals surface area contributed by atoms with Gasteiger partial charge in [-0.15, -0.1) is 5.06 Å². The molecule has 0 aliphatic carbocycles. The van der Waals surface area contributed by atoms with Crippen molar-refractivity contribution in [2.24, 2.45) is 11.8 Å². The SMILES string of the molecule is CC(C)C(O)N(OCCCONC(=O)CCCC(=O)NCCOC(C)(C)CCOC(C)(C)CCC(=O)NC(COCCC(=O)NCCOC(C)(C)CCOC(C)(C)C)(COCCC(=O)NCCOC(C)(C)CCOC(C)(C)C)COCCC(=O)NCCOC(C)(C)CCOC(C)(C)C)C(O)C(C)C. The zero-order chi connectivity index (χ0) is 78.6. The smallest absolute Gasteiger partial charge is 0.243 e. The second kappa shape index (κ2) is 50.7. The third-order valence-electron chi connectivity index (χ3n) is 15.8. The average molecular weight is 1480 g/mol. The van der Waals surface area contributed by atoms with Crippen LogP contribution in [0.4, 0.5) is 0 Å². The molecular formula is C75H147N7O21. The summed E-state index contributed by atoms with van der Waals surface area (Å²) in [6.45, 7) is 48.5. The molecule has 2 unspecified atom stereocenters. The van der Waals surface area contributed by atoms with Crippen LogP contribution in [0.15, 0.2) is 0 Å². The first kappa shape index (κ1) is 99.2. The van der Waals surface area contributed by atoms with Crippen LogP contribution in [-0.2, 0) is 90.5 Å². The van der Waals surface area contributed by atoms with Gasteiger partial charge in [-0.3, -0.25) is 38.4 Å². The Morgan fingerprint density at radius 1 is 0.330 bits per heavy atom. The molecule has 0 spiro atoms. The summed E-state index contributed by atoms with van der Waals surface area (Å²) in [4.78, 5) is 89.5. The molecule has 0 aliphatic rings. The normalized spacial score (nSPS) is 13.7. The van der Waals surface area contributed by atoms with Crippen LogP contribution in [0.1, 0.15) is 243 Å². The van der Waals surface area contributed by atoms with Gasteiger partial charge >= 0.3 is 0 Å². The van der Waals surface area contributed by atoms with Gasteiger partial charge in [0, 0.05) is 84.5 Å². The number of aliphatic hydroxyl groups excluding tert-OH is 2. The highest BCUT2D eigenvalue weighted by atomic mass is 16.7. The lowest BCUT2D eigenvalue weighted by Crippen LogP contribution is -2.59. The van der Waals surface area contributed by atoms with E-state index in [4.69, 9.17) is 61.8 Å². The molecule has 0 aliphatic heterocycles. The Balaban J connectivity index is 5.92. The van der Waals surface area contributed by atoms with Crippen molar-refractivity contribution < 1.29 is 101 Å². The fourth-order valence-electron chi connectivity index (χ4n) is 9.26. The van der Waals surface area contributed by atoms with Crippen LogP contribution in [0.25, 0.3) is 0 Å². The lowest BCUT2D eigenvalue weighted by molar-refractivity contribution is -0.319. The van der Waals surface area contributed by atoms with E-state index in [1.165, 1.54) is 5.06 Å². The molecule has 0 aromatic heterocycles. The second-order valence-electron chi connectivity index (χ2n) is 33.1. The average Bonchev–Trinajstić information content (AvgIpc) is 0.844. The molecule has 0 fully saturated rings. The Bertz CT molecular complexity index is 2160. The van der Waals surface area contributed by atoms with Crippen molar-refractivity contribution in [3.05, 3.63) is 0 Å². The Morgan fingerprint density at radius 3 is 0.961 bits per heavy atom. The number of hydroxylamine groups is 3. The van der Waals surface area contributed by atoms with Crippen LogP contribution >= 0.6 is 0 Å². The van der Waals surface area contributed by atoms with Crippen molar-refractivity contribution >= 4 is 35.4 Å². The van der Waals surface area contributed by atoms with Crippen molar-refractivity contribution in [1.82, 2.24) is 37.1 Å². The summed E-state index contributed by atoms with van der Waals surface area (Å²) in [5.41, 5.74) is -2.60. The van der Waals surface area contributed by atoms with Gasteiger partial charge in [0.05, 0.1) is 131 Å². The molecule has 0 saturated carbocycles. The van der Waals surface area contributed by atoms with Crippen molar-refractivity contribution in [2.75, 3.05) is 132 Å². The number of nitrogens with one attached hydrogen (secondary N) is 6. The summed E-state index contributed by atoms with van der Waals surface area (Å²) >= 11 is 0. The van der Waals surface area contributed by atoms with E-state index in [0.717, 1.165) is 0 Å². The maximum Gasteiger partial charge on any atom is 0.243 e. The molecule has 0 radical (unpaired) electrons. The Kier molecular flexibility index (Phi) is 48.9. The number of ether oxygens (including phenoxy) is 11. The number of amides is 6. The number of rotatable bonds is 62. The largest absolute Gasteiger partial charge is 0.378 e. The minimum atomic E-state index is -1.36. The lowest BCUT2D eigenvalue weighted by Gasteiger charge is -2.35. The fourth-order valence-corrected chi connectivity index (χ4v) is 9.26. The number of hydrogen-bond donors (Lipinski definition) is 8. The highest BCUT2D eigenvalue weighted by molar-refractivity contribution is 5.79. The molecule has 0 heterocycles. The zero-order valence-corrected chi connectivity index (χ0v) is 68.2. The minimum absolute atomic E-state index is 0.00386. The van der Waals surface area contributed by atoms with Gasteiger partial charge in [-0.2, -0.15) is 0 Å². The first-order valence-electron chi connectivity index (χ1n) is 37.5. The maximum atomic E-state index is 14.3. The predicted octanol–water partition coefficient (Wildman–Crippen LogP) is 8.08. The molecule has 28 heteroatoms. The van der Waals surface area contributed by atoms with Gasteiger partial charge in [-0.05, 0) is 188 Å². The molecule has 0 bridgehead atoms. The van der Waals surface area contributed by atoms with Gasteiger partial charge in [-0.25, -0.2) is 5.48 Å². The summed E-state index contributed by atoms with van der Waals surface area (Å²) in [5.74, 6) is -2.12. The summed E-state index contributed by atoms with van der Waals surface area (Å²) in [6, 6.07) is 0. The number of carbonyl (C=O) groups excluding carboxylic acids is 6. The van der Waals surface area contributed by atoms with Gasteiger partial charge in [0.1, 0.15) is 18.0 Å². The summed E-state index contributed by atoms with van der Waals surface area (Å²) in [5, 5.41) is 36.7. The van der Waals surface area contributed by atoms with Crippen molar-refractivity contribution in [2.45, 2.75) is 306 Å².